The number of hydrogen-bond donors (Lipinski definition) is 1. The second-order valence-corrected chi connectivity index (χ2v) is 5.46. The molecule has 0 amide bonds. The molecule has 1 saturated carbocycles. The zero-order valence-electron chi connectivity index (χ0n) is 16.1. The van der Waals surface area contributed by atoms with Crippen molar-refractivity contribution < 1.29 is 28.8 Å². The van der Waals surface area contributed by atoms with Crippen molar-refractivity contribution in [1.82, 2.24) is 0 Å². The third kappa shape index (κ3) is 6.78. The second kappa shape index (κ2) is 12.3. The van der Waals surface area contributed by atoms with Crippen LogP contribution in [-0.4, -0.2) is 50.1 Å². The lowest BCUT2D eigenvalue weighted by molar-refractivity contribution is -0.384. The molecular weight excluding hydrogens is 312 g/mol. The number of aliphatic hydroxyl groups is 1. The normalized spacial score (nSPS) is 24.8. The van der Waals surface area contributed by atoms with Crippen LogP contribution in [0.4, 0.5) is 0 Å². The molecule has 0 aromatic heterocycles. The maximum absolute atomic E-state index is 11.6. The zero-order chi connectivity index (χ0) is 19.4. The number of carbonyl (C=O) groups is 1. The fourth-order valence-electron chi connectivity index (χ4n) is 2.48. The molecule has 3 unspecified atom stereocenters. The third-order valence-corrected chi connectivity index (χ3v) is 4.18. The Kier molecular flexibility index (Phi) is 12.8. The lowest BCUT2D eigenvalue weighted by Gasteiger charge is -2.43. The van der Waals surface area contributed by atoms with Crippen molar-refractivity contribution in [2.24, 2.45) is 5.92 Å². The van der Waals surface area contributed by atoms with Crippen molar-refractivity contribution in [3.8, 4) is 12.8 Å². The molecule has 6 heteroatoms. The van der Waals surface area contributed by atoms with Crippen LogP contribution >= 0.6 is 0 Å². The van der Waals surface area contributed by atoms with Crippen LogP contribution < -0.4 is 0 Å². The van der Waals surface area contributed by atoms with E-state index in [1.807, 2.05) is 13.8 Å². The second-order valence-electron chi connectivity index (χ2n) is 5.46. The molecule has 0 spiro atoms. The maximum Gasteiger partial charge on any atom is 0.308 e. The number of carbonyl (C=O) groups excluding carboxylic acids is 1. The molecule has 0 heterocycles. The van der Waals surface area contributed by atoms with Crippen LogP contribution in [0.5, 0.6) is 0 Å². The van der Waals surface area contributed by atoms with Crippen molar-refractivity contribution in [3.05, 3.63) is 0 Å². The molecular formula is C18H34O6. The first-order valence-electron chi connectivity index (χ1n) is 8.21. The van der Waals surface area contributed by atoms with E-state index in [9.17, 15) is 9.90 Å². The lowest BCUT2D eigenvalue weighted by Crippen LogP contribution is -2.56. The van der Waals surface area contributed by atoms with Gasteiger partial charge in [-0.15, -0.1) is 12.8 Å². The number of hydrogen-bond acceptors (Lipinski definition) is 6. The highest BCUT2D eigenvalue weighted by molar-refractivity contribution is 5.72. The fraction of sp³-hybridized carbons (Fsp3) is 0.833. The molecule has 0 saturated heterocycles. The van der Waals surface area contributed by atoms with Gasteiger partial charge in [-0.25, -0.2) is 0 Å². The highest BCUT2D eigenvalue weighted by Crippen LogP contribution is 2.35. The van der Waals surface area contributed by atoms with Crippen LogP contribution in [-0.2, 0) is 23.7 Å². The molecule has 6 nitrogen and oxygen atoms in total. The Labute approximate surface area is 146 Å². The summed E-state index contributed by atoms with van der Waals surface area (Å²) >= 11 is 0. The monoisotopic (exact) mass is 346 g/mol. The summed E-state index contributed by atoms with van der Waals surface area (Å²) in [5.41, 5.74) is 0. The van der Waals surface area contributed by atoms with E-state index in [4.69, 9.17) is 18.9 Å². The van der Waals surface area contributed by atoms with Crippen molar-refractivity contribution in [2.75, 3.05) is 21.3 Å². The van der Waals surface area contributed by atoms with E-state index in [1.165, 1.54) is 28.3 Å². The predicted molar refractivity (Wildman–Crippen MR) is 93.1 cm³/mol. The molecule has 1 aliphatic rings. The van der Waals surface area contributed by atoms with Crippen molar-refractivity contribution in [3.63, 3.8) is 0 Å². The largest absolute Gasteiger partial charge is 0.469 e. The van der Waals surface area contributed by atoms with Gasteiger partial charge in [0, 0.05) is 14.2 Å². The minimum absolute atomic E-state index is 0.160. The predicted octanol–water partition coefficient (Wildman–Crippen LogP) is 2.73. The Morgan fingerprint density at radius 1 is 1.08 bits per heavy atom. The molecule has 0 aliphatic heterocycles. The van der Waals surface area contributed by atoms with E-state index in [1.54, 1.807) is 6.92 Å². The highest BCUT2D eigenvalue weighted by atomic mass is 16.8. The topological polar surface area (TPSA) is 74.2 Å². The van der Waals surface area contributed by atoms with Gasteiger partial charge >= 0.3 is 5.97 Å². The Morgan fingerprint density at radius 2 is 1.62 bits per heavy atom. The first kappa shape index (κ1) is 25.1. The van der Waals surface area contributed by atoms with Crippen LogP contribution in [0.1, 0.15) is 53.4 Å². The Hall–Kier alpha value is -1.13. The SMILES string of the molecule is C#C.CC.COC(=O)C1CCC[C@H](OC(C)(OC)C(C)(O)OC)C1. The Morgan fingerprint density at radius 3 is 2.04 bits per heavy atom. The van der Waals surface area contributed by atoms with Crippen LogP contribution in [0.25, 0.3) is 0 Å². The van der Waals surface area contributed by atoms with E-state index in [-0.39, 0.29) is 18.0 Å². The summed E-state index contributed by atoms with van der Waals surface area (Å²) in [6.07, 6.45) is 10.9. The summed E-state index contributed by atoms with van der Waals surface area (Å²) < 4.78 is 21.0. The van der Waals surface area contributed by atoms with Crippen LogP contribution in [0.3, 0.4) is 0 Å². The van der Waals surface area contributed by atoms with Gasteiger partial charge in [0.05, 0.1) is 19.1 Å². The number of methoxy groups -OCH3 is 3. The van der Waals surface area contributed by atoms with E-state index in [0.717, 1.165) is 19.3 Å². The van der Waals surface area contributed by atoms with Crippen molar-refractivity contribution in [1.29, 1.82) is 0 Å². The maximum atomic E-state index is 11.6. The van der Waals surface area contributed by atoms with Crippen molar-refractivity contribution >= 4 is 5.97 Å². The van der Waals surface area contributed by atoms with E-state index < -0.39 is 11.6 Å². The van der Waals surface area contributed by atoms with Gasteiger partial charge in [-0.05, 0) is 33.1 Å². The average molecular weight is 346 g/mol. The minimum atomic E-state index is -1.58. The van der Waals surface area contributed by atoms with Gasteiger partial charge in [0.1, 0.15) is 0 Å². The summed E-state index contributed by atoms with van der Waals surface area (Å²) in [4.78, 5) is 11.6. The molecule has 0 aromatic carbocycles. The molecule has 1 rings (SSSR count). The van der Waals surface area contributed by atoms with Gasteiger partial charge in [0.25, 0.3) is 0 Å². The number of terminal acetylenes is 1. The molecule has 142 valence electrons. The number of ether oxygens (including phenoxy) is 4. The quantitative estimate of drug-likeness (QED) is 0.453. The minimum Gasteiger partial charge on any atom is -0.469 e. The number of esters is 1. The summed E-state index contributed by atoms with van der Waals surface area (Å²) in [6.45, 7) is 7.11. The fourth-order valence-corrected chi connectivity index (χ4v) is 2.48. The van der Waals surface area contributed by atoms with Crippen LogP contribution in [0, 0.1) is 18.8 Å². The molecule has 1 N–H and O–H groups in total. The molecule has 0 radical (unpaired) electrons. The Balaban J connectivity index is 0. The summed E-state index contributed by atoms with van der Waals surface area (Å²) in [5.74, 6) is -3.26. The molecule has 1 aliphatic carbocycles. The smallest absolute Gasteiger partial charge is 0.308 e. The van der Waals surface area contributed by atoms with Gasteiger partial charge in [-0.1, -0.05) is 20.3 Å². The molecule has 1 fully saturated rings. The van der Waals surface area contributed by atoms with E-state index in [0.29, 0.717) is 6.42 Å². The van der Waals surface area contributed by atoms with Gasteiger partial charge in [0.15, 0.2) is 0 Å². The van der Waals surface area contributed by atoms with Gasteiger partial charge in [0.2, 0.25) is 11.6 Å². The Bertz CT molecular complexity index is 366. The standard InChI is InChI=1S/C14H26O6.C2H6.C2H2/c1-13(16,18-4)14(2,19-5)20-11-8-6-7-10(9-11)12(15)17-3;2*1-2/h10-11,16H,6-9H2,1-5H3;1-2H3;1-2H/t10?,11-,13?,14?;;/m0../s1. The summed E-state index contributed by atoms with van der Waals surface area (Å²) in [7, 11) is 4.23. The van der Waals surface area contributed by atoms with Gasteiger partial charge in [-0.2, -0.15) is 0 Å². The third-order valence-electron chi connectivity index (χ3n) is 4.18. The molecule has 0 bridgehead atoms. The highest BCUT2D eigenvalue weighted by Gasteiger charge is 2.48. The molecule has 24 heavy (non-hydrogen) atoms. The zero-order valence-corrected chi connectivity index (χ0v) is 16.1. The average Bonchev–Trinajstić information content (AvgIpc) is 2.64. The first-order chi connectivity index (χ1) is 11.3. The van der Waals surface area contributed by atoms with E-state index >= 15 is 0 Å². The van der Waals surface area contributed by atoms with Gasteiger partial charge < -0.3 is 24.1 Å². The lowest BCUT2D eigenvalue weighted by atomic mass is 9.87. The summed E-state index contributed by atoms with van der Waals surface area (Å²) in [5, 5.41) is 10.2. The van der Waals surface area contributed by atoms with E-state index in [2.05, 4.69) is 12.8 Å². The molecule has 4 atom stereocenters. The molecule has 0 aromatic rings. The first-order valence-corrected chi connectivity index (χ1v) is 8.21. The van der Waals surface area contributed by atoms with Crippen LogP contribution in [0.15, 0.2) is 0 Å². The summed E-state index contributed by atoms with van der Waals surface area (Å²) in [6, 6.07) is 0. The van der Waals surface area contributed by atoms with Crippen LogP contribution in [0.2, 0.25) is 0 Å². The van der Waals surface area contributed by atoms with Crippen molar-refractivity contribution in [2.45, 2.75) is 71.1 Å². The van der Waals surface area contributed by atoms with Gasteiger partial charge in [-0.3, -0.25) is 4.79 Å². The number of rotatable bonds is 6.